The summed E-state index contributed by atoms with van der Waals surface area (Å²) in [4.78, 5) is 17.7. The van der Waals surface area contributed by atoms with E-state index in [0.29, 0.717) is 28.1 Å². The summed E-state index contributed by atoms with van der Waals surface area (Å²) >= 11 is 12.1. The molecule has 8 heteroatoms. The number of rotatable bonds is 4. The summed E-state index contributed by atoms with van der Waals surface area (Å²) in [7, 11) is 0. The van der Waals surface area contributed by atoms with Gasteiger partial charge in [0, 0.05) is 43.9 Å². The number of ether oxygens (including phenoxy) is 3. The lowest BCUT2D eigenvalue weighted by Gasteiger charge is -2.33. The lowest BCUT2D eigenvalue weighted by atomic mass is 10.00. The third kappa shape index (κ3) is 4.26. The van der Waals surface area contributed by atoms with Crippen LogP contribution in [0, 0.1) is 6.92 Å². The van der Waals surface area contributed by atoms with Crippen LogP contribution in [-0.4, -0.2) is 61.7 Å². The second-order valence-electron chi connectivity index (χ2n) is 8.26. The molecule has 1 fully saturated rings. The van der Waals surface area contributed by atoms with E-state index in [9.17, 15) is 4.79 Å². The summed E-state index contributed by atoms with van der Waals surface area (Å²) in [6.45, 7) is 8.62. The van der Waals surface area contributed by atoms with Crippen LogP contribution in [0.3, 0.4) is 0 Å². The highest BCUT2D eigenvalue weighted by Crippen LogP contribution is 2.43. The Morgan fingerprint density at radius 2 is 1.81 bits per heavy atom. The summed E-state index contributed by atoms with van der Waals surface area (Å²) in [6.07, 6.45) is 1.69. The third-order valence-electron chi connectivity index (χ3n) is 6.08. The van der Waals surface area contributed by atoms with Crippen LogP contribution < -0.4 is 9.47 Å². The van der Waals surface area contributed by atoms with E-state index in [1.54, 1.807) is 24.3 Å². The predicted molar refractivity (Wildman–Crippen MR) is 124 cm³/mol. The van der Waals surface area contributed by atoms with Gasteiger partial charge in [-0.1, -0.05) is 29.3 Å². The highest BCUT2D eigenvalue weighted by atomic mass is 35.5. The molecule has 2 aromatic carbocycles. The van der Waals surface area contributed by atoms with Crippen LogP contribution in [0.4, 0.5) is 0 Å². The molecular formula is C24H24Cl2N2O4. The van der Waals surface area contributed by atoms with Gasteiger partial charge in [0.25, 0.3) is 0 Å². The Hall–Kier alpha value is -2.09. The van der Waals surface area contributed by atoms with Crippen molar-refractivity contribution >= 4 is 35.1 Å². The second-order valence-corrected chi connectivity index (χ2v) is 9.07. The maximum Gasteiger partial charge on any atom is 0.231 e. The Balaban J connectivity index is 1.34. The quantitative estimate of drug-likeness (QED) is 0.612. The first-order chi connectivity index (χ1) is 15.5. The highest BCUT2D eigenvalue weighted by Gasteiger charge is 2.33. The molecule has 0 unspecified atom stereocenters. The number of hydrogen-bond donors (Lipinski definition) is 0. The van der Waals surface area contributed by atoms with Crippen molar-refractivity contribution in [2.45, 2.75) is 13.5 Å². The standard InChI is InChI=1S/C24H24Cl2N2O4/c1-15-23-17(13-28(14-31-23)5-4-27-6-8-30-9-7-27)12-18-22(29)21(32-24(15)18)11-16-2-3-19(25)20(26)10-16/h2-3,10-12H,4-9,13-14H2,1H3/b21-11-. The minimum absolute atomic E-state index is 0.137. The van der Waals surface area contributed by atoms with E-state index in [0.717, 1.165) is 68.4 Å². The Labute approximate surface area is 197 Å². The highest BCUT2D eigenvalue weighted by molar-refractivity contribution is 6.42. The normalized spacial score (nSPS) is 20.1. The van der Waals surface area contributed by atoms with Crippen LogP contribution in [0.1, 0.15) is 27.0 Å². The zero-order valence-electron chi connectivity index (χ0n) is 17.8. The monoisotopic (exact) mass is 474 g/mol. The SMILES string of the molecule is Cc1c2c(cc3c1O/C(=C\c1ccc(Cl)c(Cl)c1)C3=O)CN(CCN1CCOCC1)CO2. The van der Waals surface area contributed by atoms with E-state index in [1.165, 1.54) is 0 Å². The molecule has 0 spiro atoms. The number of fused-ring (bicyclic) bond motifs is 2. The number of morpholine rings is 1. The fourth-order valence-electron chi connectivity index (χ4n) is 4.30. The van der Waals surface area contributed by atoms with Gasteiger partial charge in [-0.3, -0.25) is 14.6 Å². The van der Waals surface area contributed by atoms with Crippen LogP contribution in [0.15, 0.2) is 30.0 Å². The minimum Gasteiger partial charge on any atom is -0.477 e. The number of benzene rings is 2. The molecule has 5 rings (SSSR count). The molecule has 3 heterocycles. The van der Waals surface area contributed by atoms with Gasteiger partial charge in [0.2, 0.25) is 5.78 Å². The fourth-order valence-corrected chi connectivity index (χ4v) is 4.61. The molecule has 0 atom stereocenters. The van der Waals surface area contributed by atoms with Crippen molar-refractivity contribution < 1.29 is 19.0 Å². The Morgan fingerprint density at radius 1 is 1.03 bits per heavy atom. The number of halogens is 2. The largest absolute Gasteiger partial charge is 0.477 e. The third-order valence-corrected chi connectivity index (χ3v) is 6.82. The Kier molecular flexibility index (Phi) is 6.14. The number of ketones is 1. The molecule has 0 bridgehead atoms. The van der Waals surface area contributed by atoms with Crippen molar-refractivity contribution in [2.24, 2.45) is 0 Å². The van der Waals surface area contributed by atoms with E-state index in [4.69, 9.17) is 37.4 Å². The maximum atomic E-state index is 13.1. The van der Waals surface area contributed by atoms with E-state index < -0.39 is 0 Å². The first-order valence-electron chi connectivity index (χ1n) is 10.7. The molecule has 3 aliphatic rings. The van der Waals surface area contributed by atoms with Crippen LogP contribution in [0.2, 0.25) is 10.0 Å². The van der Waals surface area contributed by atoms with Gasteiger partial charge in [-0.2, -0.15) is 0 Å². The summed E-state index contributed by atoms with van der Waals surface area (Å²) < 4.78 is 17.5. The Morgan fingerprint density at radius 3 is 2.59 bits per heavy atom. The van der Waals surface area contributed by atoms with Crippen LogP contribution in [-0.2, 0) is 11.3 Å². The second kappa shape index (κ2) is 9.04. The van der Waals surface area contributed by atoms with E-state index in [-0.39, 0.29) is 11.5 Å². The summed E-state index contributed by atoms with van der Waals surface area (Å²) in [5.74, 6) is 1.52. The van der Waals surface area contributed by atoms with E-state index in [2.05, 4.69) is 9.80 Å². The number of carbonyl (C=O) groups excluding carboxylic acids is 1. The van der Waals surface area contributed by atoms with Crippen LogP contribution in [0.5, 0.6) is 11.5 Å². The summed E-state index contributed by atoms with van der Waals surface area (Å²) in [5, 5.41) is 0.899. The molecule has 0 radical (unpaired) electrons. The first kappa shape index (κ1) is 21.7. The van der Waals surface area contributed by atoms with E-state index in [1.807, 2.05) is 13.0 Å². The van der Waals surface area contributed by atoms with Gasteiger partial charge in [-0.15, -0.1) is 0 Å². The van der Waals surface area contributed by atoms with Crippen molar-refractivity contribution in [3.05, 3.63) is 62.3 Å². The molecule has 0 saturated carbocycles. The summed E-state index contributed by atoms with van der Waals surface area (Å²) in [5.41, 5.74) is 3.20. The first-order valence-corrected chi connectivity index (χ1v) is 11.5. The molecule has 2 aromatic rings. The molecule has 32 heavy (non-hydrogen) atoms. The lowest BCUT2D eigenvalue weighted by Crippen LogP contribution is -2.43. The smallest absolute Gasteiger partial charge is 0.231 e. The molecule has 0 amide bonds. The van der Waals surface area contributed by atoms with Gasteiger partial charge in [-0.05, 0) is 36.8 Å². The number of carbonyl (C=O) groups is 1. The molecule has 3 aliphatic heterocycles. The van der Waals surface area contributed by atoms with Crippen molar-refractivity contribution in [1.29, 1.82) is 0 Å². The molecule has 0 aromatic heterocycles. The molecule has 6 nitrogen and oxygen atoms in total. The fraction of sp³-hybridized carbons (Fsp3) is 0.375. The molecule has 0 N–H and O–H groups in total. The predicted octanol–water partition coefficient (Wildman–Crippen LogP) is 4.40. The lowest BCUT2D eigenvalue weighted by molar-refractivity contribution is 0.0239. The topological polar surface area (TPSA) is 51.2 Å². The average Bonchev–Trinajstić information content (AvgIpc) is 3.11. The average molecular weight is 475 g/mol. The zero-order chi connectivity index (χ0) is 22.2. The molecule has 168 valence electrons. The van der Waals surface area contributed by atoms with Gasteiger partial charge in [-0.25, -0.2) is 0 Å². The van der Waals surface area contributed by atoms with E-state index >= 15 is 0 Å². The van der Waals surface area contributed by atoms with Crippen molar-refractivity contribution in [3.63, 3.8) is 0 Å². The van der Waals surface area contributed by atoms with Crippen molar-refractivity contribution in [2.75, 3.05) is 46.1 Å². The van der Waals surface area contributed by atoms with Crippen LogP contribution >= 0.6 is 23.2 Å². The minimum atomic E-state index is -0.137. The van der Waals surface area contributed by atoms with Gasteiger partial charge < -0.3 is 14.2 Å². The Bertz CT molecular complexity index is 1100. The molecule has 0 aliphatic carbocycles. The number of nitrogens with zero attached hydrogens (tertiary/aromatic N) is 2. The van der Waals surface area contributed by atoms with Gasteiger partial charge in [0.15, 0.2) is 5.76 Å². The van der Waals surface area contributed by atoms with Crippen molar-refractivity contribution in [1.82, 2.24) is 9.80 Å². The van der Waals surface area contributed by atoms with Crippen LogP contribution in [0.25, 0.3) is 6.08 Å². The number of Topliss-reactive ketones (excluding diaryl/α,β-unsaturated/α-hetero) is 1. The number of hydrogen-bond acceptors (Lipinski definition) is 6. The number of allylic oxidation sites excluding steroid dienone is 1. The van der Waals surface area contributed by atoms with Crippen molar-refractivity contribution in [3.8, 4) is 11.5 Å². The maximum absolute atomic E-state index is 13.1. The van der Waals surface area contributed by atoms with Gasteiger partial charge in [0.1, 0.15) is 18.2 Å². The molecule has 1 saturated heterocycles. The van der Waals surface area contributed by atoms with Gasteiger partial charge >= 0.3 is 0 Å². The van der Waals surface area contributed by atoms with Gasteiger partial charge in [0.05, 0.1) is 28.8 Å². The summed E-state index contributed by atoms with van der Waals surface area (Å²) in [6, 6.07) is 7.13. The molecular weight excluding hydrogens is 451 g/mol. The zero-order valence-corrected chi connectivity index (χ0v) is 19.3.